The molecule has 2 atom stereocenters. The lowest BCUT2D eigenvalue weighted by Crippen LogP contribution is -2.44. The van der Waals surface area contributed by atoms with Crippen LogP contribution in [0.3, 0.4) is 0 Å². The van der Waals surface area contributed by atoms with E-state index in [9.17, 15) is 9.18 Å². The molecular weight excluding hydrogens is 217 g/mol. The Morgan fingerprint density at radius 3 is 3.06 bits per heavy atom. The molecule has 1 saturated heterocycles. The lowest BCUT2D eigenvalue weighted by Gasteiger charge is -2.33. The maximum absolute atomic E-state index is 13.7. The number of halogens is 1. The average molecular weight is 233 g/mol. The highest BCUT2D eigenvalue weighted by atomic mass is 19.1. The molecule has 17 heavy (non-hydrogen) atoms. The van der Waals surface area contributed by atoms with E-state index in [0.717, 1.165) is 31.2 Å². The Morgan fingerprint density at radius 1 is 1.41 bits per heavy atom. The number of fused-ring (bicyclic) bond motifs is 2. The Labute approximate surface area is 100 Å². The molecule has 1 saturated carbocycles. The summed E-state index contributed by atoms with van der Waals surface area (Å²) in [6, 6.07) is 6.97. The third kappa shape index (κ3) is 1.84. The third-order valence-corrected chi connectivity index (χ3v) is 4.23. The zero-order chi connectivity index (χ0) is 11.9. The number of carbonyl (C=O) groups is 1. The zero-order valence-electron chi connectivity index (χ0n) is 9.71. The number of benzene rings is 1. The highest BCUT2D eigenvalue weighted by Crippen LogP contribution is 2.46. The summed E-state index contributed by atoms with van der Waals surface area (Å²) in [5.41, 5.74) is 0.880. The quantitative estimate of drug-likeness (QED) is 0.834. The van der Waals surface area contributed by atoms with E-state index in [2.05, 4.69) is 5.32 Å². The lowest BCUT2D eigenvalue weighted by molar-refractivity contribution is -0.127. The number of rotatable bonds is 2. The number of piperidine rings is 1. The molecule has 1 heterocycles. The Kier molecular flexibility index (Phi) is 2.42. The molecule has 1 amide bonds. The summed E-state index contributed by atoms with van der Waals surface area (Å²) < 4.78 is 13.7. The summed E-state index contributed by atoms with van der Waals surface area (Å²) in [4.78, 5) is 11.5. The first-order valence-electron chi connectivity index (χ1n) is 6.20. The van der Waals surface area contributed by atoms with Crippen LogP contribution in [0.1, 0.15) is 24.8 Å². The van der Waals surface area contributed by atoms with Crippen LogP contribution in [0.5, 0.6) is 0 Å². The molecule has 2 bridgehead atoms. The molecule has 1 aliphatic heterocycles. The van der Waals surface area contributed by atoms with Crippen LogP contribution >= 0.6 is 0 Å². The van der Waals surface area contributed by atoms with Gasteiger partial charge in [0.2, 0.25) is 5.91 Å². The summed E-state index contributed by atoms with van der Waals surface area (Å²) in [6.45, 7) is 0.705. The molecule has 3 heteroatoms. The van der Waals surface area contributed by atoms with E-state index in [4.69, 9.17) is 0 Å². The average Bonchev–Trinajstić information content (AvgIpc) is 2.68. The molecule has 1 aromatic rings. The molecule has 2 aliphatic rings. The predicted molar refractivity (Wildman–Crippen MR) is 62.9 cm³/mol. The van der Waals surface area contributed by atoms with Crippen LogP contribution in [0.15, 0.2) is 24.3 Å². The topological polar surface area (TPSA) is 29.1 Å². The highest BCUT2D eigenvalue weighted by Gasteiger charge is 2.45. The second-order valence-electron chi connectivity index (χ2n) is 5.43. The van der Waals surface area contributed by atoms with Crippen LogP contribution in [-0.2, 0) is 11.2 Å². The van der Waals surface area contributed by atoms with Gasteiger partial charge in [0, 0.05) is 12.5 Å². The first-order valence-corrected chi connectivity index (χ1v) is 6.20. The van der Waals surface area contributed by atoms with Crippen LogP contribution in [0, 0.1) is 17.2 Å². The molecule has 90 valence electrons. The van der Waals surface area contributed by atoms with Crippen LogP contribution in [0.25, 0.3) is 0 Å². The standard InChI is InChI=1S/C14H16FNO/c15-12-4-2-1-3-10(12)7-14-6-5-11(8-14)13(17)16-9-14/h1-4,11H,5-9H2,(H,16,17). The van der Waals surface area contributed by atoms with Gasteiger partial charge < -0.3 is 5.32 Å². The summed E-state index contributed by atoms with van der Waals surface area (Å²) >= 11 is 0. The number of nitrogens with one attached hydrogen (secondary N) is 1. The Morgan fingerprint density at radius 2 is 2.24 bits per heavy atom. The monoisotopic (exact) mass is 233 g/mol. The SMILES string of the molecule is O=C1NCC2(Cc3ccccc3F)CCC1C2. The molecule has 2 fully saturated rings. The molecule has 2 unspecified atom stereocenters. The largest absolute Gasteiger partial charge is 0.355 e. The molecule has 2 nitrogen and oxygen atoms in total. The fraction of sp³-hybridized carbons (Fsp3) is 0.500. The van der Waals surface area contributed by atoms with E-state index in [0.29, 0.717) is 6.54 Å². The summed E-state index contributed by atoms with van der Waals surface area (Å²) in [5.74, 6) is 0.226. The van der Waals surface area contributed by atoms with E-state index in [1.807, 2.05) is 12.1 Å². The molecule has 1 N–H and O–H groups in total. The Balaban J connectivity index is 1.82. The molecule has 0 radical (unpaired) electrons. The van der Waals surface area contributed by atoms with Gasteiger partial charge in [-0.2, -0.15) is 0 Å². The summed E-state index contributed by atoms with van der Waals surface area (Å²) in [7, 11) is 0. The zero-order valence-corrected chi connectivity index (χ0v) is 9.71. The van der Waals surface area contributed by atoms with Gasteiger partial charge in [-0.1, -0.05) is 18.2 Å². The van der Waals surface area contributed by atoms with Crippen molar-refractivity contribution in [2.45, 2.75) is 25.7 Å². The minimum absolute atomic E-state index is 0.0980. The maximum Gasteiger partial charge on any atom is 0.223 e. The van der Waals surface area contributed by atoms with E-state index in [-0.39, 0.29) is 23.1 Å². The number of hydrogen-bond acceptors (Lipinski definition) is 1. The van der Waals surface area contributed by atoms with E-state index in [1.54, 1.807) is 6.07 Å². The molecule has 0 aromatic heterocycles. The summed E-state index contributed by atoms with van der Waals surface area (Å²) in [6.07, 6.45) is 3.66. The summed E-state index contributed by atoms with van der Waals surface area (Å²) in [5, 5.41) is 2.96. The number of amides is 1. The second-order valence-corrected chi connectivity index (χ2v) is 5.43. The van der Waals surface area contributed by atoms with Crippen molar-refractivity contribution in [3.8, 4) is 0 Å². The molecular formula is C14H16FNO. The van der Waals surface area contributed by atoms with E-state index < -0.39 is 0 Å². The highest BCUT2D eigenvalue weighted by molar-refractivity contribution is 5.80. The van der Waals surface area contributed by atoms with Gasteiger partial charge >= 0.3 is 0 Å². The van der Waals surface area contributed by atoms with E-state index in [1.165, 1.54) is 6.07 Å². The number of carbonyl (C=O) groups excluding carboxylic acids is 1. The van der Waals surface area contributed by atoms with E-state index >= 15 is 0 Å². The van der Waals surface area contributed by atoms with Crippen molar-refractivity contribution in [1.29, 1.82) is 0 Å². The fourth-order valence-corrected chi connectivity index (χ4v) is 3.28. The first-order chi connectivity index (χ1) is 8.19. The smallest absolute Gasteiger partial charge is 0.223 e. The normalized spacial score (nSPS) is 31.4. The number of hydrogen-bond donors (Lipinski definition) is 1. The Hall–Kier alpha value is -1.38. The van der Waals surface area contributed by atoms with Crippen LogP contribution in [0.2, 0.25) is 0 Å². The van der Waals surface area contributed by atoms with Crippen molar-refractivity contribution in [3.63, 3.8) is 0 Å². The molecule has 0 spiro atoms. The van der Waals surface area contributed by atoms with Gasteiger partial charge in [0.15, 0.2) is 0 Å². The predicted octanol–water partition coefficient (Wildman–Crippen LogP) is 2.28. The minimum atomic E-state index is -0.123. The van der Waals surface area contributed by atoms with Crippen molar-refractivity contribution in [2.24, 2.45) is 11.3 Å². The Bertz CT molecular complexity index is 459. The van der Waals surface area contributed by atoms with Crippen molar-refractivity contribution >= 4 is 5.91 Å². The van der Waals surface area contributed by atoms with Crippen LogP contribution in [-0.4, -0.2) is 12.5 Å². The minimum Gasteiger partial charge on any atom is -0.355 e. The first kappa shape index (κ1) is 10.8. The van der Waals surface area contributed by atoms with Gasteiger partial charge in [0.25, 0.3) is 0 Å². The van der Waals surface area contributed by atoms with Crippen molar-refractivity contribution < 1.29 is 9.18 Å². The maximum atomic E-state index is 13.7. The van der Waals surface area contributed by atoms with Crippen LogP contribution < -0.4 is 5.32 Å². The van der Waals surface area contributed by atoms with Gasteiger partial charge in [-0.25, -0.2) is 4.39 Å². The van der Waals surface area contributed by atoms with Gasteiger partial charge in [-0.15, -0.1) is 0 Å². The van der Waals surface area contributed by atoms with Gasteiger partial charge in [-0.3, -0.25) is 4.79 Å². The second kappa shape index (κ2) is 3.83. The van der Waals surface area contributed by atoms with Crippen molar-refractivity contribution in [2.75, 3.05) is 6.54 Å². The van der Waals surface area contributed by atoms with Gasteiger partial charge in [0.1, 0.15) is 5.82 Å². The lowest BCUT2D eigenvalue weighted by atomic mass is 9.77. The third-order valence-electron chi connectivity index (χ3n) is 4.23. The van der Waals surface area contributed by atoms with Crippen LogP contribution in [0.4, 0.5) is 4.39 Å². The van der Waals surface area contributed by atoms with Gasteiger partial charge in [-0.05, 0) is 42.7 Å². The van der Waals surface area contributed by atoms with Gasteiger partial charge in [0.05, 0.1) is 0 Å². The molecule has 1 aliphatic carbocycles. The fourth-order valence-electron chi connectivity index (χ4n) is 3.28. The molecule has 3 rings (SSSR count). The van der Waals surface area contributed by atoms with Crippen molar-refractivity contribution in [1.82, 2.24) is 5.32 Å². The van der Waals surface area contributed by atoms with Crippen molar-refractivity contribution in [3.05, 3.63) is 35.6 Å². The molecule has 1 aromatic carbocycles.